The minimum atomic E-state index is -3.57. The Hall–Kier alpha value is -1.02. The van der Waals surface area contributed by atoms with E-state index in [1.807, 2.05) is 0 Å². The quantitative estimate of drug-likeness (QED) is 0.664. The van der Waals surface area contributed by atoms with Gasteiger partial charge in [0.15, 0.2) is 0 Å². The van der Waals surface area contributed by atoms with Gasteiger partial charge in [0.25, 0.3) is 0 Å². The maximum absolute atomic E-state index is 12.0. The summed E-state index contributed by atoms with van der Waals surface area (Å²) < 4.78 is 29.9. The molecular formula is C14H20Cl2N2O4S. The van der Waals surface area contributed by atoms with Crippen LogP contribution in [0.15, 0.2) is 18.2 Å². The Morgan fingerprint density at radius 3 is 2.61 bits per heavy atom. The van der Waals surface area contributed by atoms with E-state index in [4.69, 9.17) is 27.9 Å². The zero-order valence-electron chi connectivity index (χ0n) is 13.0. The molecule has 0 unspecified atom stereocenters. The second-order valence-electron chi connectivity index (χ2n) is 4.88. The van der Waals surface area contributed by atoms with Crippen LogP contribution in [0, 0.1) is 0 Å². The summed E-state index contributed by atoms with van der Waals surface area (Å²) >= 11 is 11.9. The van der Waals surface area contributed by atoms with Crippen molar-refractivity contribution in [2.45, 2.75) is 12.8 Å². The molecule has 0 aliphatic rings. The highest BCUT2D eigenvalue weighted by molar-refractivity contribution is 7.92. The summed E-state index contributed by atoms with van der Waals surface area (Å²) in [6.45, 7) is 1.03. The molecule has 0 saturated carbocycles. The molecule has 1 aromatic rings. The molecule has 0 saturated heterocycles. The van der Waals surface area contributed by atoms with Crippen molar-refractivity contribution in [2.75, 3.05) is 37.4 Å². The molecule has 0 bridgehead atoms. The highest BCUT2D eigenvalue weighted by atomic mass is 35.5. The Balaban J connectivity index is 2.72. The predicted octanol–water partition coefficient (Wildman–Crippen LogP) is 2.30. The van der Waals surface area contributed by atoms with Gasteiger partial charge in [-0.2, -0.15) is 0 Å². The summed E-state index contributed by atoms with van der Waals surface area (Å²) in [5.41, 5.74) is 0.297. The van der Waals surface area contributed by atoms with Gasteiger partial charge < -0.3 is 10.1 Å². The first kappa shape index (κ1) is 20.0. The van der Waals surface area contributed by atoms with Crippen molar-refractivity contribution in [3.8, 4) is 0 Å². The van der Waals surface area contributed by atoms with Gasteiger partial charge in [-0.15, -0.1) is 0 Å². The third-order valence-electron chi connectivity index (χ3n) is 2.97. The molecule has 6 nitrogen and oxygen atoms in total. The summed E-state index contributed by atoms with van der Waals surface area (Å²) in [6.07, 6.45) is 1.79. The monoisotopic (exact) mass is 382 g/mol. The predicted molar refractivity (Wildman–Crippen MR) is 92.8 cm³/mol. The number of hydrogen-bond donors (Lipinski definition) is 1. The smallest absolute Gasteiger partial charge is 0.232 e. The Bertz CT molecular complexity index is 638. The van der Waals surface area contributed by atoms with Crippen molar-refractivity contribution < 1.29 is 17.9 Å². The highest BCUT2D eigenvalue weighted by Crippen LogP contribution is 2.30. The van der Waals surface area contributed by atoms with E-state index in [9.17, 15) is 13.2 Å². The van der Waals surface area contributed by atoms with Crippen molar-refractivity contribution in [2.24, 2.45) is 0 Å². The molecule has 0 radical (unpaired) electrons. The summed E-state index contributed by atoms with van der Waals surface area (Å²) in [4.78, 5) is 11.8. The van der Waals surface area contributed by atoms with E-state index < -0.39 is 10.0 Å². The molecular weight excluding hydrogens is 363 g/mol. The highest BCUT2D eigenvalue weighted by Gasteiger charge is 2.21. The van der Waals surface area contributed by atoms with Gasteiger partial charge in [-0.05, 0) is 24.6 Å². The molecule has 0 aliphatic heterocycles. The second kappa shape index (κ2) is 9.32. The molecule has 0 aromatic heterocycles. The maximum atomic E-state index is 12.0. The van der Waals surface area contributed by atoms with E-state index >= 15 is 0 Å². The van der Waals surface area contributed by atoms with Gasteiger partial charge in [-0.25, -0.2) is 8.42 Å². The van der Waals surface area contributed by atoms with E-state index in [0.717, 1.165) is 10.6 Å². The van der Waals surface area contributed by atoms with Crippen LogP contribution >= 0.6 is 23.2 Å². The van der Waals surface area contributed by atoms with E-state index in [1.165, 1.54) is 12.1 Å². The molecule has 1 aromatic carbocycles. The number of hydrogen-bond acceptors (Lipinski definition) is 4. The van der Waals surface area contributed by atoms with Crippen molar-refractivity contribution >= 4 is 44.8 Å². The molecule has 0 aliphatic carbocycles. The molecule has 23 heavy (non-hydrogen) atoms. The van der Waals surface area contributed by atoms with Crippen LogP contribution in [0.25, 0.3) is 0 Å². The minimum Gasteiger partial charge on any atom is -0.385 e. The lowest BCUT2D eigenvalue weighted by Gasteiger charge is -2.23. The molecule has 0 heterocycles. The maximum Gasteiger partial charge on any atom is 0.232 e. The van der Waals surface area contributed by atoms with Crippen LogP contribution in [0.1, 0.15) is 12.8 Å². The second-order valence-corrected chi connectivity index (χ2v) is 7.63. The molecule has 0 fully saturated rings. The first-order valence-corrected chi connectivity index (χ1v) is 9.54. The van der Waals surface area contributed by atoms with Crippen molar-refractivity contribution in [3.63, 3.8) is 0 Å². The first-order chi connectivity index (χ1) is 10.8. The molecule has 1 amide bonds. The number of nitrogens with zero attached hydrogens (tertiary/aromatic N) is 1. The van der Waals surface area contributed by atoms with Crippen LogP contribution < -0.4 is 9.62 Å². The SMILES string of the molecule is COCCCNC(=O)CCN(c1ccc(Cl)cc1Cl)S(C)(=O)=O. The van der Waals surface area contributed by atoms with Gasteiger partial charge >= 0.3 is 0 Å². The molecule has 1 rings (SSSR count). The van der Waals surface area contributed by atoms with Crippen LogP contribution in [0.3, 0.4) is 0 Å². The number of benzene rings is 1. The number of sulfonamides is 1. The Kier molecular flexibility index (Phi) is 8.11. The Labute approximate surface area is 146 Å². The fraction of sp³-hybridized carbons (Fsp3) is 0.500. The minimum absolute atomic E-state index is 0.00367. The van der Waals surface area contributed by atoms with Gasteiger partial charge in [0.2, 0.25) is 15.9 Å². The molecule has 130 valence electrons. The number of halogens is 2. The lowest BCUT2D eigenvalue weighted by atomic mass is 10.3. The van der Waals surface area contributed by atoms with Gasteiger partial charge in [-0.3, -0.25) is 9.10 Å². The van der Waals surface area contributed by atoms with Crippen LogP contribution in [-0.2, 0) is 19.6 Å². The van der Waals surface area contributed by atoms with Crippen LogP contribution in [-0.4, -0.2) is 47.4 Å². The largest absolute Gasteiger partial charge is 0.385 e. The van der Waals surface area contributed by atoms with Crippen molar-refractivity contribution in [1.29, 1.82) is 0 Å². The topological polar surface area (TPSA) is 75.7 Å². The van der Waals surface area contributed by atoms with E-state index in [0.29, 0.717) is 30.3 Å². The number of carbonyl (C=O) groups is 1. The number of ether oxygens (including phenoxy) is 1. The fourth-order valence-corrected chi connectivity index (χ4v) is 3.38. The van der Waals surface area contributed by atoms with E-state index in [1.54, 1.807) is 13.2 Å². The normalized spacial score (nSPS) is 11.3. The molecule has 1 N–H and O–H groups in total. The van der Waals surface area contributed by atoms with Gasteiger partial charge in [0, 0.05) is 38.2 Å². The van der Waals surface area contributed by atoms with E-state index in [2.05, 4.69) is 5.32 Å². The number of amides is 1. The Morgan fingerprint density at radius 1 is 1.35 bits per heavy atom. The standard InChI is InChI=1S/C14H20Cl2N2O4S/c1-22-9-3-7-17-14(19)6-8-18(23(2,20)21)13-5-4-11(15)10-12(13)16/h4-5,10H,3,6-9H2,1-2H3,(H,17,19). The number of carbonyl (C=O) groups excluding carboxylic acids is 1. The fourth-order valence-electron chi connectivity index (χ4n) is 1.88. The first-order valence-electron chi connectivity index (χ1n) is 6.94. The van der Waals surface area contributed by atoms with Gasteiger partial charge in [0.1, 0.15) is 0 Å². The number of anilines is 1. The summed E-state index contributed by atoms with van der Waals surface area (Å²) in [6, 6.07) is 4.52. The van der Waals surface area contributed by atoms with Crippen molar-refractivity contribution in [1.82, 2.24) is 5.32 Å². The third kappa shape index (κ3) is 6.95. The molecule has 0 spiro atoms. The molecule has 9 heteroatoms. The summed E-state index contributed by atoms with van der Waals surface area (Å²) in [7, 11) is -1.99. The average molecular weight is 383 g/mol. The number of rotatable bonds is 9. The number of methoxy groups -OCH3 is 1. The lowest BCUT2D eigenvalue weighted by molar-refractivity contribution is -0.120. The van der Waals surface area contributed by atoms with Crippen LogP contribution in [0.5, 0.6) is 0 Å². The zero-order valence-corrected chi connectivity index (χ0v) is 15.3. The summed E-state index contributed by atoms with van der Waals surface area (Å²) in [5.74, 6) is -0.236. The Morgan fingerprint density at radius 2 is 2.04 bits per heavy atom. The van der Waals surface area contributed by atoms with Crippen LogP contribution in [0.4, 0.5) is 5.69 Å². The van der Waals surface area contributed by atoms with Gasteiger partial charge in [0.05, 0.1) is 17.0 Å². The average Bonchev–Trinajstić information content (AvgIpc) is 2.44. The summed E-state index contributed by atoms with van der Waals surface area (Å²) in [5, 5.41) is 3.32. The third-order valence-corrected chi connectivity index (χ3v) is 4.69. The van der Waals surface area contributed by atoms with Crippen LogP contribution in [0.2, 0.25) is 10.0 Å². The lowest BCUT2D eigenvalue weighted by Crippen LogP contribution is -2.35. The molecule has 0 atom stereocenters. The zero-order chi connectivity index (χ0) is 17.5. The number of nitrogens with one attached hydrogen (secondary N) is 1. The van der Waals surface area contributed by atoms with Gasteiger partial charge in [-0.1, -0.05) is 23.2 Å². The van der Waals surface area contributed by atoms with Crippen molar-refractivity contribution in [3.05, 3.63) is 28.2 Å². The van der Waals surface area contributed by atoms with E-state index in [-0.39, 0.29) is 23.9 Å².